The van der Waals surface area contributed by atoms with Crippen molar-refractivity contribution >= 4 is 25.2 Å². The fourth-order valence-electron chi connectivity index (χ4n) is 7.57. The molecule has 2 unspecified atom stereocenters. The number of hydrogen-bond acceptors (Lipinski definition) is 10. The number of piperidine rings is 1. The summed E-state index contributed by atoms with van der Waals surface area (Å²) < 4.78 is 43.6. The van der Waals surface area contributed by atoms with E-state index in [1.165, 1.54) is 11.3 Å². The molecule has 0 N–H and O–H groups in total. The highest BCUT2D eigenvalue weighted by atomic mass is 28.3. The Morgan fingerprint density at radius 1 is 1.02 bits per heavy atom. The van der Waals surface area contributed by atoms with E-state index in [0.29, 0.717) is 45.5 Å². The number of ether oxygens (including phenoxy) is 7. The van der Waals surface area contributed by atoms with E-state index in [2.05, 4.69) is 30.3 Å². The minimum atomic E-state index is -1.30. The van der Waals surface area contributed by atoms with Crippen molar-refractivity contribution in [1.82, 2.24) is 19.7 Å². The van der Waals surface area contributed by atoms with E-state index in [4.69, 9.17) is 43.4 Å². The van der Waals surface area contributed by atoms with Crippen molar-refractivity contribution in [3.8, 4) is 17.0 Å². The van der Waals surface area contributed by atoms with Crippen LogP contribution in [0.3, 0.4) is 0 Å². The second-order valence-electron chi connectivity index (χ2n) is 16.5. The maximum Gasteiger partial charge on any atom is 0.410 e. The van der Waals surface area contributed by atoms with Crippen molar-refractivity contribution in [3.05, 3.63) is 41.6 Å². The quantitative estimate of drug-likeness (QED) is 0.0916. The predicted molar refractivity (Wildman–Crippen MR) is 202 cm³/mol. The highest BCUT2D eigenvalue weighted by Gasteiger charge is 2.45. The van der Waals surface area contributed by atoms with Crippen molar-refractivity contribution in [2.24, 2.45) is 0 Å². The zero-order valence-corrected chi connectivity index (χ0v) is 33.2. The molecule has 0 spiro atoms. The van der Waals surface area contributed by atoms with Gasteiger partial charge in [-0.25, -0.2) is 4.79 Å². The van der Waals surface area contributed by atoms with Crippen LogP contribution in [0.15, 0.2) is 30.3 Å². The third kappa shape index (κ3) is 9.53. The minimum absolute atomic E-state index is 0.100. The molecule has 3 fully saturated rings. The van der Waals surface area contributed by atoms with Crippen LogP contribution in [0.4, 0.5) is 4.79 Å². The molecule has 5 heterocycles. The molecule has 6 rings (SSSR count). The lowest BCUT2D eigenvalue weighted by Crippen LogP contribution is -2.59. The van der Waals surface area contributed by atoms with E-state index < -0.39 is 13.7 Å². The van der Waals surface area contributed by atoms with Crippen LogP contribution in [0, 0.1) is 0 Å². The molecule has 3 aliphatic rings. The summed E-state index contributed by atoms with van der Waals surface area (Å²) in [4.78, 5) is 15.5. The van der Waals surface area contributed by atoms with Crippen LogP contribution in [-0.4, -0.2) is 111 Å². The van der Waals surface area contributed by atoms with Gasteiger partial charge in [0.05, 0.1) is 43.7 Å². The normalized spacial score (nSPS) is 22.2. The Balaban J connectivity index is 1.40. The van der Waals surface area contributed by atoms with Crippen molar-refractivity contribution < 1.29 is 38.0 Å². The van der Waals surface area contributed by atoms with Crippen molar-refractivity contribution in [2.75, 3.05) is 53.5 Å². The molecule has 12 nitrogen and oxygen atoms in total. The molecule has 4 atom stereocenters. The molecule has 3 aromatic rings. The Hall–Kier alpha value is -3.07. The monoisotopic (exact) mass is 738 g/mol. The lowest BCUT2D eigenvalue weighted by molar-refractivity contribution is -0.0832. The van der Waals surface area contributed by atoms with Crippen LogP contribution >= 0.6 is 0 Å². The van der Waals surface area contributed by atoms with E-state index in [1.807, 2.05) is 49.9 Å². The maximum atomic E-state index is 13.5. The van der Waals surface area contributed by atoms with Gasteiger partial charge in [0.2, 0.25) is 0 Å². The molecule has 2 aromatic heterocycles. The summed E-state index contributed by atoms with van der Waals surface area (Å²) >= 11 is 0. The Kier molecular flexibility index (Phi) is 12.6. The molecule has 3 saturated heterocycles. The van der Waals surface area contributed by atoms with Gasteiger partial charge in [-0.3, -0.25) is 4.90 Å². The number of para-hydroxylation sites is 1. The summed E-state index contributed by atoms with van der Waals surface area (Å²) in [6, 6.07) is 10.9. The van der Waals surface area contributed by atoms with E-state index in [1.54, 1.807) is 7.11 Å². The molecular formula is C39H58N4O8Si. The summed E-state index contributed by atoms with van der Waals surface area (Å²) in [6.45, 7) is 17.1. The van der Waals surface area contributed by atoms with Gasteiger partial charge in [-0.1, -0.05) is 31.8 Å². The highest BCUT2D eigenvalue weighted by molar-refractivity contribution is 6.76. The first-order chi connectivity index (χ1) is 24.9. The first-order valence-electron chi connectivity index (χ1n) is 18.9. The summed E-state index contributed by atoms with van der Waals surface area (Å²) in [5.41, 5.74) is 4.25. The van der Waals surface area contributed by atoms with Crippen LogP contribution in [0.1, 0.15) is 63.6 Å². The number of carbonyl (C=O) groups excluding carboxylic acids is 1. The first kappa shape index (κ1) is 38.6. The molecule has 1 aromatic carbocycles. The topological polar surface area (TPSA) is 116 Å². The first-order valence-corrected chi connectivity index (χ1v) is 22.6. The molecule has 13 heteroatoms. The summed E-state index contributed by atoms with van der Waals surface area (Å²) in [7, 11) is 0.306. The number of amides is 1. The zero-order valence-electron chi connectivity index (χ0n) is 32.2. The van der Waals surface area contributed by atoms with Gasteiger partial charge >= 0.3 is 6.09 Å². The number of aryl methyl sites for hydroxylation is 1. The van der Waals surface area contributed by atoms with Gasteiger partial charge in [0.25, 0.3) is 0 Å². The van der Waals surface area contributed by atoms with Gasteiger partial charge in [-0.2, -0.15) is 0 Å². The molecule has 286 valence electrons. The maximum absolute atomic E-state index is 13.5. The minimum Gasteiger partial charge on any atom is -0.467 e. The molecule has 1 amide bonds. The largest absolute Gasteiger partial charge is 0.467 e. The van der Waals surface area contributed by atoms with Gasteiger partial charge in [0, 0.05) is 57.6 Å². The Bertz CT molecular complexity index is 1630. The van der Waals surface area contributed by atoms with Gasteiger partial charge in [-0.15, -0.1) is 10.2 Å². The molecule has 0 aliphatic carbocycles. The molecule has 52 heavy (non-hydrogen) atoms. The third-order valence-electron chi connectivity index (χ3n) is 9.99. The van der Waals surface area contributed by atoms with Crippen molar-refractivity contribution in [1.29, 1.82) is 0 Å². The van der Waals surface area contributed by atoms with Gasteiger partial charge in [-0.05, 0) is 82.7 Å². The second-order valence-corrected chi connectivity index (χ2v) is 22.1. The Morgan fingerprint density at radius 3 is 2.48 bits per heavy atom. The second kappa shape index (κ2) is 16.9. The number of methoxy groups -OCH3 is 1. The standard InChI is InChI=1S/C39H58N4O8Si/c1-39(2,3)51-38(44)43-28-19-27(20-29(43)23-48-22-28)36-31(12-10-15-49-30-14-16-46-24-30)33-21-34(32-11-8-9-13-35(32)50-26-45-4)40-41-37(33)42(36)25-47-17-18-52(5,6)7/h8-9,11,13,21,27-30H,10,12,14-20,22-26H2,1-7H3/t27?,28-,29+,30?. The van der Waals surface area contributed by atoms with E-state index in [-0.39, 0.29) is 37.0 Å². The number of nitrogens with zero attached hydrogens (tertiary/aromatic N) is 4. The lowest BCUT2D eigenvalue weighted by Gasteiger charge is -2.48. The molecule has 2 bridgehead atoms. The number of fused-ring (bicyclic) bond motifs is 3. The van der Waals surface area contributed by atoms with Gasteiger partial charge < -0.3 is 37.7 Å². The summed E-state index contributed by atoms with van der Waals surface area (Å²) in [5, 5.41) is 10.8. The van der Waals surface area contributed by atoms with Crippen LogP contribution in [0.25, 0.3) is 22.3 Å². The van der Waals surface area contributed by atoms with Gasteiger partial charge in [0.15, 0.2) is 12.4 Å². The van der Waals surface area contributed by atoms with Crippen LogP contribution in [0.2, 0.25) is 25.7 Å². The Morgan fingerprint density at radius 2 is 1.79 bits per heavy atom. The number of rotatable bonds is 15. The predicted octanol–water partition coefficient (Wildman–Crippen LogP) is 7.01. The van der Waals surface area contributed by atoms with Crippen molar-refractivity contribution in [3.63, 3.8) is 0 Å². The highest BCUT2D eigenvalue weighted by Crippen LogP contribution is 2.43. The smallest absolute Gasteiger partial charge is 0.410 e. The number of hydrogen-bond donors (Lipinski definition) is 0. The lowest BCUT2D eigenvalue weighted by atomic mass is 9.81. The average molecular weight is 739 g/mol. The van der Waals surface area contributed by atoms with E-state index >= 15 is 0 Å². The van der Waals surface area contributed by atoms with Crippen LogP contribution < -0.4 is 4.74 Å². The summed E-state index contributed by atoms with van der Waals surface area (Å²) in [5.74, 6) is 0.829. The number of benzene rings is 1. The number of morpholine rings is 1. The number of aromatic nitrogens is 3. The van der Waals surface area contributed by atoms with E-state index in [0.717, 1.165) is 67.0 Å². The molecule has 0 radical (unpaired) electrons. The molecule has 3 aliphatic heterocycles. The van der Waals surface area contributed by atoms with Crippen LogP contribution in [-0.2, 0) is 41.6 Å². The van der Waals surface area contributed by atoms with Crippen LogP contribution in [0.5, 0.6) is 5.75 Å². The zero-order chi connectivity index (χ0) is 36.9. The van der Waals surface area contributed by atoms with Gasteiger partial charge in [0.1, 0.15) is 18.1 Å². The SMILES string of the molecule is COCOc1ccccc1-c1cc2c(CCCOC3CCOC3)c(C3C[C@H]4COC[C@@H](C3)N4C(=O)OC(C)(C)C)n(COCC[Si](C)(C)C)c2nn1. The fraction of sp³-hybridized carbons (Fsp3) is 0.667. The average Bonchev–Trinajstić information content (AvgIpc) is 3.72. The molecular weight excluding hydrogens is 681 g/mol. The summed E-state index contributed by atoms with van der Waals surface area (Å²) in [6.07, 6.45) is 3.96. The number of carbonyl (C=O) groups is 1. The fourth-order valence-corrected chi connectivity index (χ4v) is 8.33. The van der Waals surface area contributed by atoms with Crippen molar-refractivity contribution in [2.45, 2.75) is 115 Å². The molecule has 0 saturated carbocycles. The third-order valence-corrected chi connectivity index (χ3v) is 11.7. The Labute approximate surface area is 309 Å². The van der Waals surface area contributed by atoms with E-state index in [9.17, 15) is 4.79 Å².